The summed E-state index contributed by atoms with van der Waals surface area (Å²) in [5.41, 5.74) is 0.526. The van der Waals surface area contributed by atoms with Crippen LogP contribution in [0.3, 0.4) is 0 Å². The monoisotopic (exact) mass is 301 g/mol. The van der Waals surface area contributed by atoms with Gasteiger partial charge in [0.2, 0.25) is 0 Å². The molecule has 1 aliphatic carbocycles. The van der Waals surface area contributed by atoms with Gasteiger partial charge in [0.15, 0.2) is 0 Å². The lowest BCUT2D eigenvalue weighted by Gasteiger charge is -2.18. The normalized spacial score (nSPS) is 16.6. The van der Waals surface area contributed by atoms with E-state index in [-0.39, 0.29) is 0 Å². The summed E-state index contributed by atoms with van der Waals surface area (Å²) >= 11 is 0. The second kappa shape index (κ2) is 11.4. The van der Waals surface area contributed by atoms with Crippen LogP contribution in [0.2, 0.25) is 0 Å². The molecule has 0 aromatic carbocycles. The first-order valence-corrected chi connectivity index (χ1v) is 8.65. The van der Waals surface area contributed by atoms with E-state index in [9.17, 15) is 0 Å². The van der Waals surface area contributed by atoms with E-state index < -0.39 is 0 Å². The van der Waals surface area contributed by atoms with Crippen LogP contribution in [0.25, 0.3) is 0 Å². The Morgan fingerprint density at radius 1 is 0.905 bits per heavy atom. The van der Waals surface area contributed by atoms with Gasteiger partial charge in [0.25, 0.3) is 0 Å². The van der Waals surface area contributed by atoms with Crippen molar-refractivity contribution in [1.82, 2.24) is 5.32 Å². The highest BCUT2D eigenvalue weighted by Crippen LogP contribution is 2.48. The van der Waals surface area contributed by atoms with Crippen molar-refractivity contribution in [2.24, 2.45) is 5.41 Å². The third kappa shape index (κ3) is 10.2. The maximum Gasteiger partial charge on any atom is 0.0701 e. The van der Waals surface area contributed by atoms with Crippen LogP contribution in [0.5, 0.6) is 0 Å². The summed E-state index contributed by atoms with van der Waals surface area (Å²) in [6.45, 7) is 12.2. The Bertz CT molecular complexity index is 242. The van der Waals surface area contributed by atoms with Crippen LogP contribution < -0.4 is 5.32 Å². The predicted octanol–water partition coefficient (Wildman–Crippen LogP) is 3.00. The number of unbranched alkanes of at least 4 members (excludes halogenated alkanes) is 1. The van der Waals surface area contributed by atoms with Crippen molar-refractivity contribution in [3.05, 3.63) is 0 Å². The van der Waals surface area contributed by atoms with Crippen LogP contribution >= 0.6 is 0 Å². The van der Waals surface area contributed by atoms with Crippen molar-refractivity contribution in [2.75, 3.05) is 46.2 Å². The van der Waals surface area contributed by atoms with Crippen molar-refractivity contribution in [2.45, 2.75) is 58.9 Å². The predicted molar refractivity (Wildman–Crippen MR) is 86.8 cm³/mol. The Kier molecular flexibility index (Phi) is 10.3. The first-order chi connectivity index (χ1) is 10.2. The Morgan fingerprint density at radius 3 is 2.00 bits per heavy atom. The zero-order valence-electron chi connectivity index (χ0n) is 14.3. The second-order valence-corrected chi connectivity index (χ2v) is 6.48. The molecule has 0 saturated heterocycles. The first-order valence-electron chi connectivity index (χ1n) is 8.65. The lowest BCUT2D eigenvalue weighted by Crippen LogP contribution is -2.30. The summed E-state index contributed by atoms with van der Waals surface area (Å²) in [5.74, 6) is 0. The van der Waals surface area contributed by atoms with Crippen LogP contribution in [0, 0.1) is 5.41 Å². The van der Waals surface area contributed by atoms with Crippen molar-refractivity contribution >= 4 is 0 Å². The summed E-state index contributed by atoms with van der Waals surface area (Å²) in [4.78, 5) is 0. The fraction of sp³-hybridized carbons (Fsp3) is 1.00. The summed E-state index contributed by atoms with van der Waals surface area (Å²) in [7, 11) is 0. The highest BCUT2D eigenvalue weighted by Gasteiger charge is 2.41. The van der Waals surface area contributed by atoms with Crippen molar-refractivity contribution in [3.63, 3.8) is 0 Å². The van der Waals surface area contributed by atoms with Gasteiger partial charge in [0.05, 0.1) is 26.4 Å². The SMILES string of the molecule is CCCCOCCOCCOCCC1(CNC(C)C)CC1. The highest BCUT2D eigenvalue weighted by atomic mass is 16.5. The molecule has 0 spiro atoms. The smallest absolute Gasteiger partial charge is 0.0701 e. The van der Waals surface area contributed by atoms with Gasteiger partial charge >= 0.3 is 0 Å². The first kappa shape index (κ1) is 18.9. The van der Waals surface area contributed by atoms with Crippen LogP contribution in [-0.4, -0.2) is 52.2 Å². The third-order valence-electron chi connectivity index (χ3n) is 4.01. The van der Waals surface area contributed by atoms with Gasteiger partial charge in [-0.3, -0.25) is 0 Å². The van der Waals surface area contributed by atoms with Gasteiger partial charge in [-0.05, 0) is 31.1 Å². The standard InChI is InChI=1S/C17H35NO3/c1-4-5-9-19-11-13-21-14-12-20-10-8-17(6-7-17)15-18-16(2)3/h16,18H,4-15H2,1-3H3. The molecular weight excluding hydrogens is 266 g/mol. The molecule has 0 radical (unpaired) electrons. The van der Waals surface area contributed by atoms with Gasteiger partial charge in [-0.1, -0.05) is 27.2 Å². The Morgan fingerprint density at radius 2 is 1.48 bits per heavy atom. The Hall–Kier alpha value is -0.160. The van der Waals surface area contributed by atoms with E-state index in [0.29, 0.717) is 37.9 Å². The molecule has 0 atom stereocenters. The molecule has 21 heavy (non-hydrogen) atoms. The molecule has 1 rings (SSSR count). The number of hydrogen-bond donors (Lipinski definition) is 1. The van der Waals surface area contributed by atoms with Crippen molar-refractivity contribution in [3.8, 4) is 0 Å². The minimum atomic E-state index is 0.526. The molecule has 4 heteroatoms. The molecule has 1 fully saturated rings. The molecule has 126 valence electrons. The van der Waals surface area contributed by atoms with Gasteiger partial charge in [-0.25, -0.2) is 0 Å². The van der Waals surface area contributed by atoms with Gasteiger partial charge in [0.1, 0.15) is 0 Å². The van der Waals surface area contributed by atoms with Crippen molar-refractivity contribution in [1.29, 1.82) is 0 Å². The lowest BCUT2D eigenvalue weighted by atomic mass is 10.0. The molecule has 1 N–H and O–H groups in total. The Balaban J connectivity index is 1.80. The number of hydrogen-bond acceptors (Lipinski definition) is 4. The molecule has 1 aliphatic rings. The molecule has 0 unspecified atom stereocenters. The van der Waals surface area contributed by atoms with E-state index >= 15 is 0 Å². The quantitative estimate of drug-likeness (QED) is 0.472. The second-order valence-electron chi connectivity index (χ2n) is 6.48. The fourth-order valence-electron chi connectivity index (χ4n) is 2.19. The van der Waals surface area contributed by atoms with Gasteiger partial charge in [-0.15, -0.1) is 0 Å². The molecule has 0 amide bonds. The van der Waals surface area contributed by atoms with Crippen LogP contribution in [0.1, 0.15) is 52.9 Å². The minimum absolute atomic E-state index is 0.526. The van der Waals surface area contributed by atoms with Gasteiger partial charge in [-0.2, -0.15) is 0 Å². The van der Waals surface area contributed by atoms with E-state index in [1.165, 1.54) is 25.7 Å². The van der Waals surface area contributed by atoms with E-state index in [4.69, 9.17) is 14.2 Å². The van der Waals surface area contributed by atoms with Gasteiger partial charge in [0, 0.05) is 25.8 Å². The van der Waals surface area contributed by atoms with Crippen LogP contribution in [0.4, 0.5) is 0 Å². The average molecular weight is 301 g/mol. The fourth-order valence-corrected chi connectivity index (χ4v) is 2.19. The summed E-state index contributed by atoms with van der Waals surface area (Å²) in [5, 5.41) is 3.54. The largest absolute Gasteiger partial charge is 0.379 e. The van der Waals surface area contributed by atoms with Crippen molar-refractivity contribution < 1.29 is 14.2 Å². The number of nitrogens with one attached hydrogen (secondary N) is 1. The van der Waals surface area contributed by atoms with Gasteiger partial charge < -0.3 is 19.5 Å². The summed E-state index contributed by atoms with van der Waals surface area (Å²) in [6, 6.07) is 0.580. The molecular formula is C17H35NO3. The minimum Gasteiger partial charge on any atom is -0.379 e. The molecule has 4 nitrogen and oxygen atoms in total. The molecule has 0 aromatic heterocycles. The van der Waals surface area contributed by atoms with Crippen LogP contribution in [0.15, 0.2) is 0 Å². The lowest BCUT2D eigenvalue weighted by molar-refractivity contribution is 0.0112. The zero-order chi connectivity index (χ0) is 15.4. The van der Waals surface area contributed by atoms with E-state index in [1.54, 1.807) is 0 Å². The van der Waals surface area contributed by atoms with Crippen LogP contribution in [-0.2, 0) is 14.2 Å². The van der Waals surface area contributed by atoms with E-state index in [1.807, 2.05) is 0 Å². The summed E-state index contributed by atoms with van der Waals surface area (Å²) < 4.78 is 16.6. The average Bonchev–Trinajstić information content (AvgIpc) is 3.23. The molecule has 0 bridgehead atoms. The number of ether oxygens (including phenoxy) is 3. The zero-order valence-corrected chi connectivity index (χ0v) is 14.3. The number of rotatable bonds is 15. The summed E-state index contributed by atoms with van der Waals surface area (Å²) in [6.07, 6.45) is 6.19. The topological polar surface area (TPSA) is 39.7 Å². The Labute approximate surface area is 130 Å². The van der Waals surface area contributed by atoms with E-state index in [2.05, 4.69) is 26.1 Å². The molecule has 1 saturated carbocycles. The van der Waals surface area contributed by atoms with E-state index in [0.717, 1.165) is 26.2 Å². The maximum atomic E-state index is 5.67. The molecule has 0 heterocycles. The third-order valence-corrected chi connectivity index (χ3v) is 4.01. The maximum absolute atomic E-state index is 5.67. The molecule has 0 aliphatic heterocycles. The highest BCUT2D eigenvalue weighted by molar-refractivity contribution is 4.94. The molecule has 0 aromatic rings.